The van der Waals surface area contributed by atoms with Crippen molar-refractivity contribution in [3.8, 4) is 5.75 Å². The molecule has 1 unspecified atom stereocenters. The molecule has 3 rings (SSSR count). The molecule has 0 radical (unpaired) electrons. The summed E-state index contributed by atoms with van der Waals surface area (Å²) in [6.07, 6.45) is 3.13. The molecule has 1 N–H and O–H groups in total. The van der Waals surface area contributed by atoms with Gasteiger partial charge in [-0.1, -0.05) is 6.07 Å². The third-order valence-corrected chi connectivity index (χ3v) is 4.17. The average molecular weight is 285 g/mol. The number of hydrogen-bond donors (Lipinski definition) is 1. The van der Waals surface area contributed by atoms with E-state index in [-0.39, 0.29) is 5.82 Å². The van der Waals surface area contributed by atoms with Gasteiger partial charge in [-0.2, -0.15) is 0 Å². The number of fused-ring (bicyclic) bond motifs is 1. The zero-order chi connectivity index (χ0) is 14.8. The second-order valence-electron chi connectivity index (χ2n) is 5.68. The maximum Gasteiger partial charge on any atom is 0.126 e. The minimum Gasteiger partial charge on any atom is -0.497 e. The van der Waals surface area contributed by atoms with Crippen LogP contribution in [0.2, 0.25) is 0 Å². The van der Waals surface area contributed by atoms with Gasteiger partial charge < -0.3 is 10.1 Å². The normalized spacial score (nSPS) is 17.2. The minimum absolute atomic E-state index is 0.153. The second kappa shape index (κ2) is 5.76. The molecule has 1 atom stereocenters. The molecule has 0 aromatic heterocycles. The van der Waals surface area contributed by atoms with Crippen LogP contribution in [0.1, 0.15) is 23.1 Å². The Labute approximate surface area is 125 Å². The Hall–Kier alpha value is -2.03. The standard InChI is InChI=1S/C18H20FNO/c1-12-9-15(6-8-18(12)19)20-16-5-3-13-4-7-17(21-2)11-14(13)10-16/h4,6-9,11,16,20H,3,5,10H2,1-2H3. The van der Waals surface area contributed by atoms with Crippen LogP contribution in [-0.2, 0) is 12.8 Å². The number of ether oxygens (including phenoxy) is 1. The van der Waals surface area contributed by atoms with E-state index in [1.54, 1.807) is 14.0 Å². The number of anilines is 1. The molecule has 0 aliphatic heterocycles. The van der Waals surface area contributed by atoms with E-state index in [1.165, 1.54) is 17.2 Å². The predicted molar refractivity (Wildman–Crippen MR) is 83.6 cm³/mol. The second-order valence-corrected chi connectivity index (χ2v) is 5.68. The van der Waals surface area contributed by atoms with Gasteiger partial charge >= 0.3 is 0 Å². The summed E-state index contributed by atoms with van der Waals surface area (Å²) in [5.41, 5.74) is 4.42. The lowest BCUT2D eigenvalue weighted by Gasteiger charge is -2.27. The van der Waals surface area contributed by atoms with Gasteiger partial charge in [-0.25, -0.2) is 4.39 Å². The Morgan fingerprint density at radius 3 is 2.76 bits per heavy atom. The van der Waals surface area contributed by atoms with Crippen molar-refractivity contribution in [3.63, 3.8) is 0 Å². The number of rotatable bonds is 3. The van der Waals surface area contributed by atoms with Crippen molar-refractivity contribution in [1.82, 2.24) is 0 Å². The highest BCUT2D eigenvalue weighted by Gasteiger charge is 2.19. The molecule has 21 heavy (non-hydrogen) atoms. The fourth-order valence-corrected chi connectivity index (χ4v) is 2.95. The van der Waals surface area contributed by atoms with E-state index in [1.807, 2.05) is 18.2 Å². The van der Waals surface area contributed by atoms with Gasteiger partial charge in [0.25, 0.3) is 0 Å². The maximum atomic E-state index is 13.3. The van der Waals surface area contributed by atoms with Crippen molar-refractivity contribution < 1.29 is 9.13 Å². The van der Waals surface area contributed by atoms with Crippen LogP contribution in [0.5, 0.6) is 5.75 Å². The van der Waals surface area contributed by atoms with Crippen molar-refractivity contribution in [2.24, 2.45) is 0 Å². The quantitative estimate of drug-likeness (QED) is 0.916. The summed E-state index contributed by atoms with van der Waals surface area (Å²) in [4.78, 5) is 0. The number of halogens is 1. The first-order chi connectivity index (χ1) is 10.2. The SMILES string of the molecule is COc1ccc2c(c1)CC(Nc1ccc(F)c(C)c1)CC2. The maximum absolute atomic E-state index is 13.3. The molecule has 1 aliphatic rings. The van der Waals surface area contributed by atoms with Gasteiger partial charge in [0.1, 0.15) is 11.6 Å². The lowest BCUT2D eigenvalue weighted by molar-refractivity contribution is 0.413. The molecular weight excluding hydrogens is 265 g/mol. The van der Waals surface area contributed by atoms with Crippen LogP contribution in [0.4, 0.5) is 10.1 Å². The lowest BCUT2D eigenvalue weighted by Crippen LogP contribution is -2.27. The van der Waals surface area contributed by atoms with Crippen molar-refractivity contribution in [2.45, 2.75) is 32.2 Å². The zero-order valence-electron chi connectivity index (χ0n) is 12.4. The van der Waals surface area contributed by atoms with Gasteiger partial charge in [0.05, 0.1) is 7.11 Å². The molecule has 3 heteroatoms. The molecule has 110 valence electrons. The van der Waals surface area contributed by atoms with Crippen LogP contribution >= 0.6 is 0 Å². The van der Waals surface area contributed by atoms with Crippen molar-refractivity contribution >= 4 is 5.69 Å². The summed E-state index contributed by atoms with van der Waals surface area (Å²) in [6.45, 7) is 1.79. The first-order valence-corrected chi connectivity index (χ1v) is 7.34. The van der Waals surface area contributed by atoms with E-state index in [0.29, 0.717) is 11.6 Å². The van der Waals surface area contributed by atoms with E-state index in [4.69, 9.17) is 4.74 Å². The highest BCUT2D eigenvalue weighted by Crippen LogP contribution is 2.27. The molecule has 0 amide bonds. The first-order valence-electron chi connectivity index (χ1n) is 7.34. The topological polar surface area (TPSA) is 21.3 Å². The number of hydrogen-bond acceptors (Lipinski definition) is 2. The number of benzene rings is 2. The summed E-state index contributed by atoms with van der Waals surface area (Å²) in [6, 6.07) is 11.9. The fraction of sp³-hybridized carbons (Fsp3) is 0.333. The van der Waals surface area contributed by atoms with Gasteiger partial charge in [-0.3, -0.25) is 0 Å². The average Bonchev–Trinajstić information content (AvgIpc) is 2.50. The van der Waals surface area contributed by atoms with Crippen LogP contribution in [0.25, 0.3) is 0 Å². The molecule has 0 heterocycles. The van der Waals surface area contributed by atoms with E-state index < -0.39 is 0 Å². The van der Waals surface area contributed by atoms with Gasteiger partial charge in [0.2, 0.25) is 0 Å². The summed E-state index contributed by atoms with van der Waals surface area (Å²) >= 11 is 0. The molecule has 2 nitrogen and oxygen atoms in total. The van der Waals surface area contributed by atoms with Gasteiger partial charge in [-0.15, -0.1) is 0 Å². The monoisotopic (exact) mass is 285 g/mol. The number of aryl methyl sites for hydroxylation is 2. The number of methoxy groups -OCH3 is 1. The Balaban J connectivity index is 1.74. The molecule has 1 aliphatic carbocycles. The summed E-state index contributed by atoms with van der Waals surface area (Å²) < 4.78 is 18.6. The van der Waals surface area contributed by atoms with E-state index >= 15 is 0 Å². The molecule has 0 saturated carbocycles. The van der Waals surface area contributed by atoms with Crippen molar-refractivity contribution in [2.75, 3.05) is 12.4 Å². The van der Waals surface area contributed by atoms with E-state index in [0.717, 1.165) is 30.7 Å². The minimum atomic E-state index is -0.153. The molecule has 0 saturated heterocycles. The zero-order valence-corrected chi connectivity index (χ0v) is 12.4. The molecule has 2 aromatic carbocycles. The van der Waals surface area contributed by atoms with Crippen molar-refractivity contribution in [3.05, 3.63) is 58.9 Å². The third-order valence-electron chi connectivity index (χ3n) is 4.17. The Kier molecular flexibility index (Phi) is 3.82. The first kappa shape index (κ1) is 13.9. The highest BCUT2D eigenvalue weighted by molar-refractivity contribution is 5.48. The predicted octanol–water partition coefficient (Wildman–Crippen LogP) is 4.11. The van der Waals surface area contributed by atoms with Crippen molar-refractivity contribution in [1.29, 1.82) is 0 Å². The highest BCUT2D eigenvalue weighted by atomic mass is 19.1. The lowest BCUT2D eigenvalue weighted by atomic mass is 9.88. The van der Waals surface area contributed by atoms with Crippen LogP contribution < -0.4 is 10.1 Å². The summed E-state index contributed by atoms with van der Waals surface area (Å²) in [5, 5.41) is 3.52. The Morgan fingerprint density at radius 2 is 2.00 bits per heavy atom. The van der Waals surface area contributed by atoms with E-state index in [2.05, 4.69) is 17.4 Å². The van der Waals surface area contributed by atoms with Crippen LogP contribution in [0, 0.1) is 12.7 Å². The molecule has 2 aromatic rings. The Bertz CT molecular complexity index is 654. The molecular formula is C18H20FNO. The fourth-order valence-electron chi connectivity index (χ4n) is 2.95. The number of nitrogens with one attached hydrogen (secondary N) is 1. The van der Waals surface area contributed by atoms with Crippen LogP contribution in [-0.4, -0.2) is 13.2 Å². The molecule has 0 spiro atoms. The largest absolute Gasteiger partial charge is 0.497 e. The third kappa shape index (κ3) is 3.02. The summed E-state index contributed by atoms with van der Waals surface area (Å²) in [5.74, 6) is 0.756. The molecule has 0 bridgehead atoms. The van der Waals surface area contributed by atoms with Gasteiger partial charge in [0, 0.05) is 11.7 Å². The molecule has 0 fully saturated rings. The van der Waals surface area contributed by atoms with E-state index in [9.17, 15) is 4.39 Å². The smallest absolute Gasteiger partial charge is 0.126 e. The Morgan fingerprint density at radius 1 is 1.14 bits per heavy atom. The van der Waals surface area contributed by atoms with Gasteiger partial charge in [-0.05, 0) is 73.2 Å². The van der Waals surface area contributed by atoms with Crippen LogP contribution in [0.15, 0.2) is 36.4 Å². The summed E-state index contributed by atoms with van der Waals surface area (Å²) in [7, 11) is 1.70. The van der Waals surface area contributed by atoms with Gasteiger partial charge in [0.15, 0.2) is 0 Å². The van der Waals surface area contributed by atoms with Crippen LogP contribution in [0.3, 0.4) is 0 Å².